The van der Waals surface area contributed by atoms with Crippen molar-refractivity contribution in [1.82, 2.24) is 30.0 Å². The van der Waals surface area contributed by atoms with Crippen molar-refractivity contribution in [2.24, 2.45) is 0 Å². The summed E-state index contributed by atoms with van der Waals surface area (Å²) in [6.45, 7) is 2.48. The van der Waals surface area contributed by atoms with Gasteiger partial charge in [0.05, 0.1) is 39.4 Å². The second-order valence-corrected chi connectivity index (χ2v) is 9.03. The van der Waals surface area contributed by atoms with Gasteiger partial charge in [0.1, 0.15) is 10.7 Å². The largest absolute Gasteiger partial charge is 0.350 e. The van der Waals surface area contributed by atoms with Crippen LogP contribution in [0.1, 0.15) is 16.1 Å². The maximum Gasteiger partial charge on any atom is 0.266 e. The van der Waals surface area contributed by atoms with E-state index in [0.717, 1.165) is 31.5 Å². The number of hydrogen-bond donors (Lipinski definition) is 2. The number of hydrogen-bond acceptors (Lipinski definition) is 7. The summed E-state index contributed by atoms with van der Waals surface area (Å²) in [5.74, 6) is -0.218. The first-order chi connectivity index (χ1) is 15.6. The molecule has 0 saturated heterocycles. The van der Waals surface area contributed by atoms with Crippen LogP contribution in [0.3, 0.4) is 0 Å². The molecule has 1 amide bonds. The molecule has 0 atom stereocenters. The average molecular weight is 463 g/mol. The van der Waals surface area contributed by atoms with Crippen LogP contribution >= 0.6 is 22.7 Å². The summed E-state index contributed by atoms with van der Waals surface area (Å²) in [6.07, 6.45) is 1.59. The SMILES string of the molecule is Cc1nc(-c2cccs2)sc1-c1ccc(=O)n(CCNC(=O)c2ccc3nc[nH]c3c2)n1. The van der Waals surface area contributed by atoms with E-state index < -0.39 is 0 Å². The molecule has 0 saturated carbocycles. The van der Waals surface area contributed by atoms with Crippen LogP contribution in [0.2, 0.25) is 0 Å². The van der Waals surface area contributed by atoms with Crippen molar-refractivity contribution in [2.45, 2.75) is 13.5 Å². The Morgan fingerprint density at radius 3 is 2.97 bits per heavy atom. The fourth-order valence-corrected chi connectivity index (χ4v) is 5.15. The molecule has 0 unspecified atom stereocenters. The summed E-state index contributed by atoms with van der Waals surface area (Å²) in [5.41, 5.74) is 3.47. The predicted molar refractivity (Wildman–Crippen MR) is 126 cm³/mol. The maximum absolute atomic E-state index is 12.5. The van der Waals surface area contributed by atoms with E-state index in [4.69, 9.17) is 0 Å². The van der Waals surface area contributed by atoms with E-state index >= 15 is 0 Å². The van der Waals surface area contributed by atoms with Gasteiger partial charge in [-0.1, -0.05) is 6.07 Å². The van der Waals surface area contributed by atoms with E-state index in [1.807, 2.05) is 24.4 Å². The van der Waals surface area contributed by atoms with Gasteiger partial charge in [-0.05, 0) is 42.6 Å². The first kappa shape index (κ1) is 20.3. The standard InChI is InChI=1S/C22H18N6O2S2/c1-13-20(32-22(26-13)18-3-2-10-31-18)16-6-7-19(29)28(27-16)9-8-23-21(30)14-4-5-15-17(11-14)25-12-24-15/h2-7,10-12H,8-9H2,1H3,(H,23,30)(H,24,25). The smallest absolute Gasteiger partial charge is 0.266 e. The number of rotatable bonds is 6. The monoisotopic (exact) mass is 462 g/mol. The van der Waals surface area contributed by atoms with E-state index in [-0.39, 0.29) is 24.6 Å². The molecule has 4 heterocycles. The Hall–Kier alpha value is -3.63. The van der Waals surface area contributed by atoms with Gasteiger partial charge in [-0.15, -0.1) is 22.7 Å². The quantitative estimate of drug-likeness (QED) is 0.400. The first-order valence-electron chi connectivity index (χ1n) is 9.90. The van der Waals surface area contributed by atoms with E-state index in [1.165, 1.54) is 10.7 Å². The minimum Gasteiger partial charge on any atom is -0.350 e. The number of H-pyrrole nitrogens is 1. The van der Waals surface area contributed by atoms with Gasteiger partial charge in [0, 0.05) is 18.2 Å². The molecule has 5 aromatic rings. The molecule has 10 heteroatoms. The number of aromatic amines is 1. The second kappa shape index (κ2) is 8.48. The van der Waals surface area contributed by atoms with Crippen molar-refractivity contribution in [3.05, 3.63) is 75.8 Å². The van der Waals surface area contributed by atoms with E-state index in [1.54, 1.807) is 53.3 Å². The fourth-order valence-electron chi connectivity index (χ4n) is 3.32. The maximum atomic E-state index is 12.5. The number of thiophene rings is 1. The molecular weight excluding hydrogens is 444 g/mol. The Labute approximate surface area is 190 Å². The van der Waals surface area contributed by atoms with Crippen molar-refractivity contribution in [3.8, 4) is 20.5 Å². The summed E-state index contributed by atoms with van der Waals surface area (Å²) in [4.78, 5) is 38.6. The number of imidazole rings is 1. The zero-order valence-corrected chi connectivity index (χ0v) is 18.7. The van der Waals surface area contributed by atoms with Crippen LogP contribution in [0, 0.1) is 6.92 Å². The lowest BCUT2D eigenvalue weighted by atomic mass is 10.2. The van der Waals surface area contributed by atoms with Crippen LogP contribution in [-0.4, -0.2) is 37.2 Å². The van der Waals surface area contributed by atoms with Crippen LogP contribution in [-0.2, 0) is 6.54 Å². The Balaban J connectivity index is 1.30. The van der Waals surface area contributed by atoms with E-state index in [2.05, 4.69) is 25.4 Å². The summed E-state index contributed by atoms with van der Waals surface area (Å²) in [6, 6.07) is 12.5. The normalized spacial score (nSPS) is 11.2. The first-order valence-corrected chi connectivity index (χ1v) is 11.6. The summed E-state index contributed by atoms with van der Waals surface area (Å²) in [7, 11) is 0. The average Bonchev–Trinajstić information content (AvgIpc) is 3.55. The van der Waals surface area contributed by atoms with Crippen molar-refractivity contribution < 1.29 is 4.79 Å². The highest BCUT2D eigenvalue weighted by atomic mass is 32.1. The third-order valence-electron chi connectivity index (χ3n) is 4.92. The second-order valence-electron chi connectivity index (χ2n) is 7.08. The molecule has 5 rings (SSSR count). The van der Waals surface area contributed by atoms with Gasteiger partial charge in [0.25, 0.3) is 11.5 Å². The van der Waals surface area contributed by atoms with Gasteiger partial charge < -0.3 is 10.3 Å². The zero-order chi connectivity index (χ0) is 22.1. The molecule has 0 spiro atoms. The third kappa shape index (κ3) is 3.97. The minimum absolute atomic E-state index is 0.218. The molecule has 4 aromatic heterocycles. The Kier molecular flexibility index (Phi) is 5.38. The number of nitrogens with one attached hydrogen (secondary N) is 2. The van der Waals surface area contributed by atoms with E-state index in [0.29, 0.717) is 11.3 Å². The number of fused-ring (bicyclic) bond motifs is 1. The van der Waals surface area contributed by atoms with Gasteiger partial charge >= 0.3 is 0 Å². The van der Waals surface area contributed by atoms with Crippen molar-refractivity contribution in [3.63, 3.8) is 0 Å². The molecule has 0 fully saturated rings. The van der Waals surface area contributed by atoms with Crippen molar-refractivity contribution >= 4 is 39.6 Å². The van der Waals surface area contributed by atoms with Gasteiger partial charge in [0.2, 0.25) is 0 Å². The third-order valence-corrected chi connectivity index (χ3v) is 7.14. The number of benzene rings is 1. The highest BCUT2D eigenvalue weighted by Gasteiger charge is 2.14. The lowest BCUT2D eigenvalue weighted by molar-refractivity contribution is 0.0952. The number of carbonyl (C=O) groups is 1. The number of nitrogens with zero attached hydrogens (tertiary/aromatic N) is 4. The zero-order valence-electron chi connectivity index (χ0n) is 17.0. The minimum atomic E-state index is -0.220. The fraction of sp³-hybridized carbons (Fsp3) is 0.136. The molecule has 160 valence electrons. The molecule has 0 bridgehead atoms. The van der Waals surface area contributed by atoms with Crippen LogP contribution in [0.25, 0.3) is 31.5 Å². The van der Waals surface area contributed by atoms with Gasteiger partial charge in [-0.25, -0.2) is 14.6 Å². The Morgan fingerprint density at radius 1 is 1.22 bits per heavy atom. The lowest BCUT2D eigenvalue weighted by Crippen LogP contribution is -2.31. The molecule has 0 aliphatic heterocycles. The summed E-state index contributed by atoms with van der Waals surface area (Å²) in [5, 5.41) is 10.3. The van der Waals surface area contributed by atoms with Crippen LogP contribution in [0.4, 0.5) is 0 Å². The van der Waals surface area contributed by atoms with Gasteiger partial charge in [-0.2, -0.15) is 5.10 Å². The number of amides is 1. The molecular formula is C22H18N6O2S2. The van der Waals surface area contributed by atoms with Gasteiger partial charge in [0.15, 0.2) is 0 Å². The van der Waals surface area contributed by atoms with Crippen molar-refractivity contribution in [1.29, 1.82) is 0 Å². The van der Waals surface area contributed by atoms with Crippen LogP contribution in [0.5, 0.6) is 0 Å². The topological polar surface area (TPSA) is 106 Å². The van der Waals surface area contributed by atoms with Crippen LogP contribution < -0.4 is 10.9 Å². The predicted octanol–water partition coefficient (Wildman–Crippen LogP) is 3.71. The molecule has 0 radical (unpaired) electrons. The highest BCUT2D eigenvalue weighted by molar-refractivity contribution is 7.23. The van der Waals surface area contributed by atoms with E-state index in [9.17, 15) is 9.59 Å². The number of aryl methyl sites for hydroxylation is 1. The molecule has 32 heavy (non-hydrogen) atoms. The molecule has 2 N–H and O–H groups in total. The highest BCUT2D eigenvalue weighted by Crippen LogP contribution is 2.35. The molecule has 8 nitrogen and oxygen atoms in total. The molecule has 0 aliphatic carbocycles. The van der Waals surface area contributed by atoms with Crippen molar-refractivity contribution in [2.75, 3.05) is 6.54 Å². The molecule has 1 aromatic carbocycles. The number of thiazole rings is 1. The van der Waals surface area contributed by atoms with Crippen LogP contribution in [0.15, 0.2) is 59.0 Å². The summed E-state index contributed by atoms with van der Waals surface area (Å²) >= 11 is 3.19. The Morgan fingerprint density at radius 2 is 2.12 bits per heavy atom. The Bertz CT molecular complexity index is 1470. The summed E-state index contributed by atoms with van der Waals surface area (Å²) < 4.78 is 1.37. The number of carbonyl (C=O) groups excluding carboxylic acids is 1. The van der Waals surface area contributed by atoms with Gasteiger partial charge in [-0.3, -0.25) is 9.59 Å². The molecule has 0 aliphatic rings. The number of aromatic nitrogens is 5. The lowest BCUT2D eigenvalue weighted by Gasteiger charge is -2.08.